The van der Waals surface area contributed by atoms with Crippen LogP contribution < -0.4 is 10.5 Å². The molecule has 1 aromatic rings. The lowest BCUT2D eigenvalue weighted by molar-refractivity contribution is 0.324. The highest BCUT2D eigenvalue weighted by molar-refractivity contribution is 5.29. The van der Waals surface area contributed by atoms with Crippen molar-refractivity contribution < 1.29 is 9.13 Å². The van der Waals surface area contributed by atoms with Gasteiger partial charge < -0.3 is 15.4 Å². The fourth-order valence-corrected chi connectivity index (χ4v) is 1.72. The van der Waals surface area contributed by atoms with Gasteiger partial charge in [-0.05, 0) is 51.1 Å². The number of benzene rings is 1. The fraction of sp³-hybridized carbons (Fsp3) is 0.571. The molecule has 3 nitrogen and oxygen atoms in total. The quantitative estimate of drug-likeness (QED) is 0.809. The maximum atomic E-state index is 13.5. The molecule has 0 spiro atoms. The largest absolute Gasteiger partial charge is 0.494 e. The zero-order chi connectivity index (χ0) is 13.5. The number of halogens is 1. The van der Waals surface area contributed by atoms with E-state index in [9.17, 15) is 4.39 Å². The van der Waals surface area contributed by atoms with Crippen LogP contribution >= 0.6 is 0 Å². The van der Waals surface area contributed by atoms with Crippen LogP contribution in [0.2, 0.25) is 0 Å². The third kappa shape index (κ3) is 5.02. The summed E-state index contributed by atoms with van der Waals surface area (Å²) in [5.74, 6) is -0.00250. The molecule has 0 aliphatic carbocycles. The zero-order valence-corrected chi connectivity index (χ0v) is 11.4. The van der Waals surface area contributed by atoms with Gasteiger partial charge in [-0.1, -0.05) is 6.07 Å². The van der Waals surface area contributed by atoms with E-state index < -0.39 is 0 Å². The summed E-state index contributed by atoms with van der Waals surface area (Å²) >= 11 is 0. The summed E-state index contributed by atoms with van der Waals surface area (Å²) < 4.78 is 18.4. The number of hydrogen-bond acceptors (Lipinski definition) is 3. The van der Waals surface area contributed by atoms with Crippen molar-refractivity contribution in [2.24, 2.45) is 5.73 Å². The van der Waals surface area contributed by atoms with Crippen molar-refractivity contribution >= 4 is 0 Å². The van der Waals surface area contributed by atoms with E-state index in [2.05, 4.69) is 11.9 Å². The highest BCUT2D eigenvalue weighted by Gasteiger charge is 2.05. The molecule has 0 saturated heterocycles. The van der Waals surface area contributed by atoms with Gasteiger partial charge in [0, 0.05) is 12.6 Å². The molecule has 4 heteroatoms. The standard InChI is InChI=1S/C14H23FN2O/c1-11(16)6-8-17(2)9-7-12-4-5-14(18-3)13(15)10-12/h4-5,10-11H,6-9,16H2,1-3H3. The maximum absolute atomic E-state index is 13.5. The smallest absolute Gasteiger partial charge is 0.165 e. The minimum atomic E-state index is -0.298. The van der Waals surface area contributed by atoms with Crippen molar-refractivity contribution in [3.63, 3.8) is 0 Å². The Balaban J connectivity index is 2.41. The summed E-state index contributed by atoms with van der Waals surface area (Å²) in [5.41, 5.74) is 6.70. The second-order valence-corrected chi connectivity index (χ2v) is 4.79. The molecule has 0 aromatic heterocycles. The number of methoxy groups -OCH3 is 1. The number of rotatable bonds is 7. The molecule has 0 heterocycles. The van der Waals surface area contributed by atoms with E-state index >= 15 is 0 Å². The van der Waals surface area contributed by atoms with E-state index in [-0.39, 0.29) is 11.9 Å². The van der Waals surface area contributed by atoms with Gasteiger partial charge in [-0.15, -0.1) is 0 Å². The molecular weight excluding hydrogens is 231 g/mol. The third-order valence-corrected chi connectivity index (χ3v) is 2.96. The first-order valence-electron chi connectivity index (χ1n) is 6.29. The van der Waals surface area contributed by atoms with Crippen molar-refractivity contribution in [1.82, 2.24) is 4.90 Å². The van der Waals surface area contributed by atoms with Crippen molar-refractivity contribution in [1.29, 1.82) is 0 Å². The Kier molecular flexibility index (Phi) is 6.09. The summed E-state index contributed by atoms with van der Waals surface area (Å²) in [6.07, 6.45) is 1.81. The summed E-state index contributed by atoms with van der Waals surface area (Å²) in [7, 11) is 3.53. The Labute approximate surface area is 109 Å². The topological polar surface area (TPSA) is 38.5 Å². The summed E-state index contributed by atoms with van der Waals surface area (Å²) in [6, 6.07) is 5.34. The molecule has 0 amide bonds. The van der Waals surface area contributed by atoms with Gasteiger partial charge in [0.2, 0.25) is 0 Å². The zero-order valence-electron chi connectivity index (χ0n) is 11.4. The highest BCUT2D eigenvalue weighted by atomic mass is 19.1. The molecular formula is C14H23FN2O. The van der Waals surface area contributed by atoms with E-state index in [0.29, 0.717) is 5.75 Å². The molecule has 0 aliphatic rings. The van der Waals surface area contributed by atoms with Gasteiger partial charge in [0.25, 0.3) is 0 Å². The van der Waals surface area contributed by atoms with Crippen LogP contribution in [0.25, 0.3) is 0 Å². The number of likely N-dealkylation sites (N-methyl/N-ethyl adjacent to an activating group) is 1. The van der Waals surface area contributed by atoms with Crippen molar-refractivity contribution in [3.05, 3.63) is 29.6 Å². The average molecular weight is 254 g/mol. The Bertz CT molecular complexity index is 369. The van der Waals surface area contributed by atoms with Crippen molar-refractivity contribution in [2.45, 2.75) is 25.8 Å². The van der Waals surface area contributed by atoms with Crippen molar-refractivity contribution in [2.75, 3.05) is 27.2 Å². The third-order valence-electron chi connectivity index (χ3n) is 2.96. The van der Waals surface area contributed by atoms with E-state index in [0.717, 1.165) is 31.5 Å². The Morgan fingerprint density at radius 1 is 1.39 bits per heavy atom. The van der Waals surface area contributed by atoms with Crippen LogP contribution in [-0.4, -0.2) is 38.2 Å². The first-order chi connectivity index (χ1) is 8.52. The highest BCUT2D eigenvalue weighted by Crippen LogP contribution is 2.17. The molecule has 0 fully saturated rings. The second-order valence-electron chi connectivity index (χ2n) is 4.79. The monoisotopic (exact) mass is 254 g/mol. The summed E-state index contributed by atoms with van der Waals surface area (Å²) in [5, 5.41) is 0. The minimum absolute atomic E-state index is 0.228. The van der Waals surface area contributed by atoms with Crippen LogP contribution in [0.1, 0.15) is 18.9 Å². The van der Waals surface area contributed by atoms with Crippen LogP contribution in [0.15, 0.2) is 18.2 Å². The van der Waals surface area contributed by atoms with Gasteiger partial charge in [0.1, 0.15) is 0 Å². The van der Waals surface area contributed by atoms with Crippen LogP contribution in [0.4, 0.5) is 4.39 Å². The van der Waals surface area contributed by atoms with Crippen molar-refractivity contribution in [3.8, 4) is 5.75 Å². The Morgan fingerprint density at radius 2 is 2.11 bits per heavy atom. The first kappa shape index (κ1) is 14.9. The maximum Gasteiger partial charge on any atom is 0.165 e. The van der Waals surface area contributed by atoms with Gasteiger partial charge in [-0.3, -0.25) is 0 Å². The average Bonchev–Trinajstić information content (AvgIpc) is 2.34. The molecule has 102 valence electrons. The van der Waals surface area contributed by atoms with E-state index in [1.165, 1.54) is 13.2 Å². The SMILES string of the molecule is COc1ccc(CCN(C)CCC(C)N)cc1F. The molecule has 18 heavy (non-hydrogen) atoms. The van der Waals surface area contributed by atoms with E-state index in [1.54, 1.807) is 6.07 Å². The number of nitrogens with zero attached hydrogens (tertiary/aromatic N) is 1. The van der Waals surface area contributed by atoms with Crippen LogP contribution in [0, 0.1) is 5.82 Å². The molecule has 0 bridgehead atoms. The lowest BCUT2D eigenvalue weighted by atomic mass is 10.1. The molecule has 2 N–H and O–H groups in total. The predicted molar refractivity (Wildman–Crippen MR) is 72.4 cm³/mol. The molecule has 1 rings (SSSR count). The summed E-state index contributed by atoms with van der Waals surface area (Å²) in [4.78, 5) is 2.21. The van der Waals surface area contributed by atoms with Gasteiger partial charge in [0.15, 0.2) is 11.6 Å². The molecule has 1 aromatic carbocycles. The number of hydrogen-bond donors (Lipinski definition) is 1. The Hall–Kier alpha value is -1.13. The number of ether oxygens (including phenoxy) is 1. The Morgan fingerprint density at radius 3 is 2.67 bits per heavy atom. The summed E-state index contributed by atoms with van der Waals surface area (Å²) in [6.45, 7) is 3.88. The van der Waals surface area contributed by atoms with Crippen LogP contribution in [-0.2, 0) is 6.42 Å². The number of nitrogens with two attached hydrogens (primary N) is 1. The molecule has 0 aliphatic heterocycles. The van der Waals surface area contributed by atoms with E-state index in [1.807, 2.05) is 13.0 Å². The normalized spacial score (nSPS) is 12.8. The molecule has 1 unspecified atom stereocenters. The lowest BCUT2D eigenvalue weighted by Gasteiger charge is -2.17. The minimum Gasteiger partial charge on any atom is -0.494 e. The first-order valence-corrected chi connectivity index (χ1v) is 6.29. The van der Waals surface area contributed by atoms with Crippen LogP contribution in [0.5, 0.6) is 5.75 Å². The van der Waals surface area contributed by atoms with Gasteiger partial charge >= 0.3 is 0 Å². The van der Waals surface area contributed by atoms with Gasteiger partial charge in [-0.2, -0.15) is 0 Å². The second kappa shape index (κ2) is 7.34. The van der Waals surface area contributed by atoms with Gasteiger partial charge in [0.05, 0.1) is 7.11 Å². The lowest BCUT2D eigenvalue weighted by Crippen LogP contribution is -2.27. The van der Waals surface area contributed by atoms with Crippen LogP contribution in [0.3, 0.4) is 0 Å². The van der Waals surface area contributed by atoms with E-state index in [4.69, 9.17) is 10.5 Å². The fourth-order valence-electron chi connectivity index (χ4n) is 1.72. The van der Waals surface area contributed by atoms with Gasteiger partial charge in [-0.25, -0.2) is 4.39 Å². The molecule has 1 atom stereocenters. The molecule has 0 saturated carbocycles. The molecule has 0 radical (unpaired) electrons. The predicted octanol–water partition coefficient (Wildman–Crippen LogP) is 2.05.